The van der Waals surface area contributed by atoms with E-state index in [-0.39, 0.29) is 5.82 Å². The molecule has 1 aromatic carbocycles. The van der Waals surface area contributed by atoms with Crippen molar-refractivity contribution in [2.24, 2.45) is 0 Å². The van der Waals surface area contributed by atoms with Gasteiger partial charge in [-0.05, 0) is 60.0 Å². The molecule has 4 aromatic rings. The lowest BCUT2D eigenvalue weighted by molar-refractivity contribution is 0.626. The molecule has 0 fully saturated rings. The predicted octanol–water partition coefficient (Wildman–Crippen LogP) is 5.18. The first-order chi connectivity index (χ1) is 13.1. The maximum absolute atomic E-state index is 13.0. The molecule has 0 saturated carbocycles. The van der Waals surface area contributed by atoms with E-state index in [9.17, 15) is 9.65 Å². The number of pyridine rings is 2. The van der Waals surface area contributed by atoms with Gasteiger partial charge in [-0.25, -0.2) is 13.9 Å². The van der Waals surface area contributed by atoms with Crippen LogP contribution in [-0.4, -0.2) is 14.6 Å². The maximum Gasteiger partial charge on any atom is 0.152 e. The number of benzene rings is 1. The fourth-order valence-corrected chi connectivity index (χ4v) is 3.40. The summed E-state index contributed by atoms with van der Waals surface area (Å²) in [6.07, 6.45) is 5.00. The molecule has 0 spiro atoms. The SMILES string of the molecule is N#Cc1cnn2ccc(-c3cnc(Cl)c(NSc4ccc(F)cc4)c3)cc12. The van der Waals surface area contributed by atoms with E-state index in [4.69, 9.17) is 11.6 Å². The number of rotatable bonds is 4. The minimum atomic E-state index is -0.284. The highest BCUT2D eigenvalue weighted by Crippen LogP contribution is 2.31. The van der Waals surface area contributed by atoms with Gasteiger partial charge in [0.2, 0.25) is 0 Å². The van der Waals surface area contributed by atoms with Crippen molar-refractivity contribution in [2.45, 2.75) is 4.90 Å². The zero-order valence-corrected chi connectivity index (χ0v) is 15.3. The molecule has 0 aliphatic heterocycles. The molecule has 0 bridgehead atoms. The summed E-state index contributed by atoms with van der Waals surface area (Å²) in [5.41, 5.74) is 3.59. The smallest absolute Gasteiger partial charge is 0.152 e. The second-order valence-electron chi connectivity index (χ2n) is 5.64. The summed E-state index contributed by atoms with van der Waals surface area (Å²) >= 11 is 7.51. The Morgan fingerprint density at radius 3 is 2.70 bits per heavy atom. The summed E-state index contributed by atoms with van der Waals surface area (Å²) in [5, 5.41) is 13.7. The van der Waals surface area contributed by atoms with E-state index in [2.05, 4.69) is 20.9 Å². The number of fused-ring (bicyclic) bond motifs is 1. The molecule has 0 saturated heterocycles. The van der Waals surface area contributed by atoms with E-state index in [1.54, 1.807) is 29.0 Å². The average molecular weight is 396 g/mol. The van der Waals surface area contributed by atoms with E-state index < -0.39 is 0 Å². The van der Waals surface area contributed by atoms with Gasteiger partial charge in [0.05, 0.1) is 23.0 Å². The van der Waals surface area contributed by atoms with Crippen LogP contribution in [0.4, 0.5) is 10.1 Å². The number of aromatic nitrogens is 3. The molecule has 27 heavy (non-hydrogen) atoms. The van der Waals surface area contributed by atoms with Crippen LogP contribution in [-0.2, 0) is 0 Å². The van der Waals surface area contributed by atoms with Crippen molar-refractivity contribution in [1.82, 2.24) is 14.6 Å². The van der Waals surface area contributed by atoms with Crippen LogP contribution in [0.15, 0.2) is 66.0 Å². The highest BCUT2D eigenvalue weighted by atomic mass is 35.5. The first-order valence-electron chi connectivity index (χ1n) is 7.86. The van der Waals surface area contributed by atoms with Crippen molar-refractivity contribution < 1.29 is 4.39 Å². The van der Waals surface area contributed by atoms with E-state index in [1.165, 1.54) is 30.3 Å². The molecule has 3 heterocycles. The van der Waals surface area contributed by atoms with Crippen LogP contribution in [0, 0.1) is 17.1 Å². The van der Waals surface area contributed by atoms with Gasteiger partial charge < -0.3 is 4.72 Å². The van der Waals surface area contributed by atoms with Gasteiger partial charge in [0.15, 0.2) is 5.15 Å². The molecular weight excluding hydrogens is 385 g/mol. The highest BCUT2D eigenvalue weighted by Gasteiger charge is 2.09. The van der Waals surface area contributed by atoms with Crippen LogP contribution in [0.25, 0.3) is 16.6 Å². The van der Waals surface area contributed by atoms with Gasteiger partial charge in [-0.1, -0.05) is 11.6 Å². The van der Waals surface area contributed by atoms with Gasteiger partial charge in [-0.3, -0.25) is 0 Å². The molecule has 8 heteroatoms. The Morgan fingerprint density at radius 2 is 1.93 bits per heavy atom. The summed E-state index contributed by atoms with van der Waals surface area (Å²) in [6.45, 7) is 0. The lowest BCUT2D eigenvalue weighted by Crippen LogP contribution is -1.93. The maximum atomic E-state index is 13.0. The number of nitrogens with one attached hydrogen (secondary N) is 1. The fraction of sp³-hybridized carbons (Fsp3) is 0. The summed E-state index contributed by atoms with van der Waals surface area (Å²) in [6, 6.07) is 13.9. The zero-order chi connectivity index (χ0) is 18.8. The van der Waals surface area contributed by atoms with Crippen LogP contribution >= 0.6 is 23.5 Å². The average Bonchev–Trinajstić information content (AvgIpc) is 3.11. The molecule has 1 N–H and O–H groups in total. The molecular formula is C19H11ClFN5S. The fourth-order valence-electron chi connectivity index (χ4n) is 2.54. The molecule has 132 valence electrons. The molecule has 0 radical (unpaired) electrons. The third kappa shape index (κ3) is 3.58. The van der Waals surface area contributed by atoms with E-state index in [0.29, 0.717) is 16.4 Å². The van der Waals surface area contributed by atoms with Crippen molar-refractivity contribution in [2.75, 3.05) is 4.72 Å². The van der Waals surface area contributed by atoms with Crippen LogP contribution < -0.4 is 4.72 Å². The lowest BCUT2D eigenvalue weighted by atomic mass is 10.1. The predicted molar refractivity (Wildman–Crippen MR) is 104 cm³/mol. The first kappa shape index (κ1) is 17.3. The van der Waals surface area contributed by atoms with Crippen molar-refractivity contribution >= 4 is 34.8 Å². The Balaban J connectivity index is 1.63. The minimum Gasteiger partial charge on any atom is -0.323 e. The number of nitrogens with zero attached hydrogens (tertiary/aromatic N) is 4. The van der Waals surface area contributed by atoms with Gasteiger partial charge in [0.1, 0.15) is 11.9 Å². The Hall–Kier alpha value is -3.08. The highest BCUT2D eigenvalue weighted by molar-refractivity contribution is 8.00. The molecule has 0 amide bonds. The largest absolute Gasteiger partial charge is 0.323 e. The van der Waals surface area contributed by atoms with Crippen LogP contribution in [0.1, 0.15) is 5.56 Å². The summed E-state index contributed by atoms with van der Waals surface area (Å²) < 4.78 is 17.8. The summed E-state index contributed by atoms with van der Waals surface area (Å²) in [5.74, 6) is -0.284. The van der Waals surface area contributed by atoms with Gasteiger partial charge in [-0.15, -0.1) is 0 Å². The number of anilines is 1. The van der Waals surface area contributed by atoms with Crippen molar-refractivity contribution in [3.8, 4) is 17.2 Å². The molecule has 0 aliphatic carbocycles. The minimum absolute atomic E-state index is 0.284. The molecule has 0 atom stereocenters. The number of hydrogen-bond acceptors (Lipinski definition) is 5. The molecule has 5 nitrogen and oxygen atoms in total. The second-order valence-corrected chi connectivity index (χ2v) is 6.87. The number of nitriles is 1. The van der Waals surface area contributed by atoms with E-state index in [1.807, 2.05) is 18.2 Å². The van der Waals surface area contributed by atoms with Crippen LogP contribution in [0.3, 0.4) is 0 Å². The first-order valence-corrected chi connectivity index (χ1v) is 9.05. The Kier molecular flexibility index (Phi) is 4.67. The Morgan fingerprint density at radius 1 is 1.11 bits per heavy atom. The topological polar surface area (TPSA) is 66.0 Å². The normalized spacial score (nSPS) is 10.7. The third-order valence-corrected chi connectivity index (χ3v) is 5.04. The van der Waals surface area contributed by atoms with Crippen LogP contribution in [0.5, 0.6) is 0 Å². The monoisotopic (exact) mass is 395 g/mol. The lowest BCUT2D eigenvalue weighted by Gasteiger charge is -2.10. The Labute approximate surface area is 163 Å². The van der Waals surface area contributed by atoms with Gasteiger partial charge in [0, 0.05) is 22.9 Å². The third-order valence-electron chi connectivity index (χ3n) is 3.91. The Bertz CT molecular complexity index is 1170. The molecule has 4 rings (SSSR count). The van der Waals surface area contributed by atoms with Crippen molar-refractivity contribution in [3.05, 3.63) is 77.6 Å². The molecule has 0 unspecified atom stereocenters. The standard InChI is InChI=1S/C19H11ClFN5S/c20-19-17(25-27-16-3-1-15(21)2-4-16)7-13(10-23-19)12-5-6-26-18(8-12)14(9-22)11-24-26/h1-8,10-11,25H. The van der Waals surface area contributed by atoms with Crippen molar-refractivity contribution in [3.63, 3.8) is 0 Å². The number of halogens is 2. The van der Waals surface area contributed by atoms with Gasteiger partial charge >= 0.3 is 0 Å². The number of hydrogen-bond donors (Lipinski definition) is 1. The molecule has 3 aromatic heterocycles. The summed E-state index contributed by atoms with van der Waals surface area (Å²) in [7, 11) is 0. The quantitative estimate of drug-likeness (QED) is 0.381. The van der Waals surface area contributed by atoms with Gasteiger partial charge in [0.25, 0.3) is 0 Å². The van der Waals surface area contributed by atoms with Crippen LogP contribution in [0.2, 0.25) is 5.15 Å². The molecule has 0 aliphatic rings. The summed E-state index contributed by atoms with van der Waals surface area (Å²) in [4.78, 5) is 5.08. The van der Waals surface area contributed by atoms with Crippen molar-refractivity contribution in [1.29, 1.82) is 5.26 Å². The van der Waals surface area contributed by atoms with Gasteiger partial charge in [-0.2, -0.15) is 10.4 Å². The second kappa shape index (κ2) is 7.27. The zero-order valence-electron chi connectivity index (χ0n) is 13.7. The van der Waals surface area contributed by atoms with E-state index in [0.717, 1.165) is 21.5 Å². The van der Waals surface area contributed by atoms with E-state index >= 15 is 0 Å².